The first-order chi connectivity index (χ1) is 12.0. The Kier molecular flexibility index (Phi) is 4.30. The van der Waals surface area contributed by atoms with E-state index in [9.17, 15) is 9.18 Å². The Bertz CT molecular complexity index is 695. The topological polar surface area (TPSA) is 55.8 Å². The van der Waals surface area contributed by atoms with Crippen LogP contribution in [0, 0.1) is 5.82 Å². The van der Waals surface area contributed by atoms with Gasteiger partial charge in [0.15, 0.2) is 0 Å². The average Bonchev–Trinajstić information content (AvgIpc) is 2.61. The molecule has 0 bridgehead atoms. The van der Waals surface area contributed by atoms with Gasteiger partial charge in [-0.1, -0.05) is 6.42 Å². The van der Waals surface area contributed by atoms with E-state index in [0.717, 1.165) is 25.1 Å². The van der Waals surface area contributed by atoms with Crippen molar-refractivity contribution in [2.75, 3.05) is 20.1 Å². The zero-order valence-corrected chi connectivity index (χ0v) is 14.7. The molecule has 5 nitrogen and oxygen atoms in total. The standard InChI is InChI=1S/C19H26FN3O2/c1-22-8-3-2-6-19(22)7-4-17(19)23-9-5-13-10-14(18(24)21-25)11-16(20)15(13)12-23/h10-11,17,25H,2-9,12H2,1H3,(H,21,24)/t17-,19-/m0/s1. The number of likely N-dealkylation sites (tertiary alicyclic amines) is 1. The van der Waals surface area contributed by atoms with E-state index in [0.29, 0.717) is 18.2 Å². The third-order valence-corrected chi connectivity index (χ3v) is 6.71. The van der Waals surface area contributed by atoms with E-state index in [-0.39, 0.29) is 16.9 Å². The van der Waals surface area contributed by atoms with E-state index in [4.69, 9.17) is 5.21 Å². The summed E-state index contributed by atoms with van der Waals surface area (Å²) in [7, 11) is 2.24. The Hall–Kier alpha value is -1.50. The molecule has 3 aliphatic rings. The van der Waals surface area contributed by atoms with Crippen LogP contribution in [0.25, 0.3) is 0 Å². The summed E-state index contributed by atoms with van der Waals surface area (Å²) in [4.78, 5) is 16.6. The number of hydrogen-bond acceptors (Lipinski definition) is 4. The molecule has 1 aliphatic carbocycles. The molecule has 136 valence electrons. The van der Waals surface area contributed by atoms with Gasteiger partial charge in [-0.05, 0) is 63.4 Å². The second-order valence-electron chi connectivity index (χ2n) is 7.79. The number of hydroxylamine groups is 1. The van der Waals surface area contributed by atoms with Crippen molar-refractivity contribution in [3.8, 4) is 0 Å². The van der Waals surface area contributed by atoms with Crippen molar-refractivity contribution in [2.24, 2.45) is 0 Å². The summed E-state index contributed by atoms with van der Waals surface area (Å²) in [6.07, 6.45) is 6.99. The second-order valence-corrected chi connectivity index (χ2v) is 7.79. The van der Waals surface area contributed by atoms with Crippen molar-refractivity contribution >= 4 is 5.91 Å². The quantitative estimate of drug-likeness (QED) is 0.637. The molecule has 2 heterocycles. The van der Waals surface area contributed by atoms with Gasteiger partial charge < -0.3 is 0 Å². The van der Waals surface area contributed by atoms with Crippen LogP contribution in [-0.2, 0) is 13.0 Å². The molecule has 0 aromatic heterocycles. The molecule has 1 saturated heterocycles. The van der Waals surface area contributed by atoms with Crippen LogP contribution >= 0.6 is 0 Å². The van der Waals surface area contributed by atoms with Crippen molar-refractivity contribution < 1.29 is 14.4 Å². The van der Waals surface area contributed by atoms with E-state index in [1.165, 1.54) is 38.2 Å². The van der Waals surface area contributed by atoms with Crippen LogP contribution in [0.4, 0.5) is 4.39 Å². The highest BCUT2D eigenvalue weighted by atomic mass is 19.1. The van der Waals surface area contributed by atoms with E-state index in [1.807, 2.05) is 0 Å². The maximum Gasteiger partial charge on any atom is 0.274 e. The minimum absolute atomic E-state index is 0.180. The predicted molar refractivity (Wildman–Crippen MR) is 92.0 cm³/mol. The summed E-state index contributed by atoms with van der Waals surface area (Å²) in [6, 6.07) is 3.45. The fourth-order valence-electron chi connectivity index (χ4n) is 5.16. The van der Waals surface area contributed by atoms with Gasteiger partial charge in [0.1, 0.15) is 5.82 Å². The molecule has 6 heteroatoms. The lowest BCUT2D eigenvalue weighted by atomic mass is 9.65. The van der Waals surface area contributed by atoms with Crippen molar-refractivity contribution in [3.05, 3.63) is 34.6 Å². The van der Waals surface area contributed by atoms with Gasteiger partial charge in [0.2, 0.25) is 0 Å². The zero-order chi connectivity index (χ0) is 17.6. The van der Waals surface area contributed by atoms with Crippen molar-refractivity contribution in [3.63, 3.8) is 0 Å². The van der Waals surface area contributed by atoms with Gasteiger partial charge in [-0.3, -0.25) is 19.8 Å². The molecule has 2 atom stereocenters. The predicted octanol–water partition coefficient (Wildman–Crippen LogP) is 2.32. The van der Waals surface area contributed by atoms with Crippen LogP contribution in [-0.4, -0.2) is 52.6 Å². The Morgan fingerprint density at radius 1 is 1.32 bits per heavy atom. The molecule has 0 radical (unpaired) electrons. The smallest absolute Gasteiger partial charge is 0.274 e. The molecule has 1 aromatic rings. The van der Waals surface area contributed by atoms with Gasteiger partial charge in [0.05, 0.1) is 0 Å². The van der Waals surface area contributed by atoms with E-state index in [1.54, 1.807) is 11.5 Å². The number of nitrogens with zero attached hydrogens (tertiary/aromatic N) is 2. The van der Waals surface area contributed by atoms with Crippen LogP contribution in [0.1, 0.15) is 53.6 Å². The third kappa shape index (κ3) is 2.67. The highest BCUT2D eigenvalue weighted by Crippen LogP contribution is 2.47. The van der Waals surface area contributed by atoms with Crippen molar-refractivity contribution in [1.29, 1.82) is 0 Å². The largest absolute Gasteiger partial charge is 0.299 e. The minimum atomic E-state index is -0.661. The van der Waals surface area contributed by atoms with Crippen LogP contribution in [0.15, 0.2) is 12.1 Å². The molecule has 1 saturated carbocycles. The normalized spacial score (nSPS) is 30.0. The maximum absolute atomic E-state index is 14.6. The fraction of sp³-hybridized carbons (Fsp3) is 0.632. The Balaban J connectivity index is 1.56. The molecule has 1 amide bonds. The lowest BCUT2D eigenvalue weighted by molar-refractivity contribution is -0.0882. The molecule has 25 heavy (non-hydrogen) atoms. The number of hydrogen-bond donors (Lipinski definition) is 2. The molecule has 2 N–H and O–H groups in total. The molecule has 1 aromatic carbocycles. The first-order valence-electron chi connectivity index (χ1n) is 9.26. The summed E-state index contributed by atoms with van der Waals surface area (Å²) >= 11 is 0. The molecule has 2 fully saturated rings. The zero-order valence-electron chi connectivity index (χ0n) is 14.7. The minimum Gasteiger partial charge on any atom is -0.299 e. The van der Waals surface area contributed by atoms with Gasteiger partial charge in [-0.15, -0.1) is 0 Å². The number of halogens is 1. The van der Waals surface area contributed by atoms with Crippen LogP contribution in [0.2, 0.25) is 0 Å². The van der Waals surface area contributed by atoms with Crippen LogP contribution < -0.4 is 5.48 Å². The number of carbonyl (C=O) groups excluding carboxylic acids is 1. The van der Waals surface area contributed by atoms with E-state index in [2.05, 4.69) is 16.8 Å². The summed E-state index contributed by atoms with van der Waals surface area (Å²) in [5.74, 6) is -1.00. The van der Waals surface area contributed by atoms with Crippen LogP contribution in [0.5, 0.6) is 0 Å². The lowest BCUT2D eigenvalue weighted by Crippen LogP contribution is -2.69. The Morgan fingerprint density at radius 3 is 2.84 bits per heavy atom. The fourth-order valence-corrected chi connectivity index (χ4v) is 5.16. The number of fused-ring (bicyclic) bond motifs is 1. The molecule has 0 unspecified atom stereocenters. The first-order valence-corrected chi connectivity index (χ1v) is 9.26. The third-order valence-electron chi connectivity index (χ3n) is 6.71. The SMILES string of the molecule is CN1CCCC[C@@]12CC[C@@H]2N1CCc2cc(C(=O)NO)cc(F)c2C1. The number of nitrogens with one attached hydrogen (secondary N) is 1. The Labute approximate surface area is 147 Å². The van der Waals surface area contributed by atoms with Gasteiger partial charge in [-0.25, -0.2) is 9.87 Å². The summed E-state index contributed by atoms with van der Waals surface area (Å²) in [5.41, 5.74) is 3.64. The Morgan fingerprint density at radius 2 is 2.16 bits per heavy atom. The highest BCUT2D eigenvalue weighted by Gasteiger charge is 2.52. The number of piperidine rings is 1. The van der Waals surface area contributed by atoms with Gasteiger partial charge >= 0.3 is 0 Å². The molecule has 4 rings (SSSR count). The van der Waals surface area contributed by atoms with Gasteiger partial charge in [0.25, 0.3) is 5.91 Å². The lowest BCUT2D eigenvalue weighted by Gasteiger charge is -2.61. The average molecular weight is 347 g/mol. The second kappa shape index (κ2) is 6.34. The number of carbonyl (C=O) groups is 1. The first kappa shape index (κ1) is 16.9. The number of benzene rings is 1. The maximum atomic E-state index is 14.6. The van der Waals surface area contributed by atoms with Crippen molar-refractivity contribution in [2.45, 2.75) is 56.7 Å². The number of amides is 1. The van der Waals surface area contributed by atoms with Gasteiger partial charge in [-0.2, -0.15) is 0 Å². The molecule has 1 spiro atoms. The van der Waals surface area contributed by atoms with Crippen molar-refractivity contribution in [1.82, 2.24) is 15.3 Å². The molecular weight excluding hydrogens is 321 g/mol. The number of likely N-dealkylation sites (N-methyl/N-ethyl adjacent to an activating group) is 1. The highest BCUT2D eigenvalue weighted by molar-refractivity contribution is 5.93. The molecular formula is C19H26FN3O2. The number of rotatable bonds is 2. The van der Waals surface area contributed by atoms with E-state index >= 15 is 0 Å². The van der Waals surface area contributed by atoms with Crippen LogP contribution in [0.3, 0.4) is 0 Å². The summed E-state index contributed by atoms with van der Waals surface area (Å²) in [5, 5.41) is 8.77. The van der Waals surface area contributed by atoms with E-state index < -0.39 is 5.91 Å². The summed E-state index contributed by atoms with van der Waals surface area (Å²) < 4.78 is 14.6. The van der Waals surface area contributed by atoms with Gasteiger partial charge in [0, 0.05) is 35.8 Å². The molecule has 2 aliphatic heterocycles. The monoisotopic (exact) mass is 347 g/mol. The summed E-state index contributed by atoms with van der Waals surface area (Å²) in [6.45, 7) is 2.67.